The van der Waals surface area contributed by atoms with Crippen LogP contribution in [-0.4, -0.2) is 9.36 Å². The molecule has 0 aliphatic heterocycles. The maximum Gasteiger partial charge on any atom is 0.279 e. The van der Waals surface area contributed by atoms with Gasteiger partial charge in [-0.2, -0.15) is 0 Å². The standard InChI is InChI=1S/C26H21N3OS/c1-19-12-15-23(16-13-19)31-27-20-14-17-25-24(18-20)26(30)29(22-10-6-3-7-11-22)28(25)21-8-4-2-5-9-21/h2-18,27H,1H3. The summed E-state index contributed by atoms with van der Waals surface area (Å²) < 4.78 is 7.08. The van der Waals surface area contributed by atoms with Gasteiger partial charge in [-0.3, -0.25) is 4.79 Å². The molecule has 0 atom stereocenters. The molecule has 152 valence electrons. The number of nitrogens with one attached hydrogen (secondary N) is 1. The third-order valence-electron chi connectivity index (χ3n) is 5.16. The molecule has 0 bridgehead atoms. The number of para-hydroxylation sites is 2. The van der Waals surface area contributed by atoms with Gasteiger partial charge in [0.05, 0.1) is 22.3 Å². The Hall–Kier alpha value is -3.70. The van der Waals surface area contributed by atoms with E-state index >= 15 is 0 Å². The van der Waals surface area contributed by atoms with Crippen LogP contribution in [0.15, 0.2) is 113 Å². The molecular formula is C26H21N3OS. The van der Waals surface area contributed by atoms with Crippen molar-refractivity contribution in [1.82, 2.24) is 9.36 Å². The summed E-state index contributed by atoms with van der Waals surface area (Å²) >= 11 is 1.53. The van der Waals surface area contributed by atoms with Crippen LogP contribution in [0.3, 0.4) is 0 Å². The largest absolute Gasteiger partial charge is 0.326 e. The summed E-state index contributed by atoms with van der Waals surface area (Å²) in [7, 11) is 0. The Morgan fingerprint density at radius 2 is 1.32 bits per heavy atom. The minimum absolute atomic E-state index is 0.0472. The second kappa shape index (κ2) is 8.20. The molecule has 0 unspecified atom stereocenters. The second-order valence-corrected chi connectivity index (χ2v) is 8.23. The van der Waals surface area contributed by atoms with Crippen LogP contribution in [-0.2, 0) is 0 Å². The molecule has 5 aromatic rings. The maximum atomic E-state index is 13.5. The first-order valence-electron chi connectivity index (χ1n) is 10.1. The van der Waals surface area contributed by atoms with Crippen molar-refractivity contribution in [3.05, 3.63) is 119 Å². The van der Waals surface area contributed by atoms with Crippen molar-refractivity contribution < 1.29 is 0 Å². The summed E-state index contributed by atoms with van der Waals surface area (Å²) in [5, 5.41) is 0.669. The van der Waals surface area contributed by atoms with Crippen molar-refractivity contribution in [2.45, 2.75) is 11.8 Å². The summed E-state index contributed by atoms with van der Waals surface area (Å²) in [5.74, 6) is 0. The van der Waals surface area contributed by atoms with E-state index in [1.165, 1.54) is 17.5 Å². The Morgan fingerprint density at radius 3 is 1.97 bits per heavy atom. The zero-order chi connectivity index (χ0) is 21.2. The van der Waals surface area contributed by atoms with Gasteiger partial charge in [-0.1, -0.05) is 54.1 Å². The predicted molar refractivity (Wildman–Crippen MR) is 130 cm³/mol. The summed E-state index contributed by atoms with van der Waals surface area (Å²) in [6, 6.07) is 34.0. The van der Waals surface area contributed by atoms with Crippen molar-refractivity contribution in [2.24, 2.45) is 0 Å². The first-order valence-corrected chi connectivity index (χ1v) is 10.9. The molecule has 1 heterocycles. The molecule has 0 spiro atoms. The smallest absolute Gasteiger partial charge is 0.279 e. The van der Waals surface area contributed by atoms with Crippen molar-refractivity contribution in [2.75, 3.05) is 4.72 Å². The Balaban J connectivity index is 1.61. The molecule has 4 aromatic carbocycles. The highest BCUT2D eigenvalue weighted by Gasteiger charge is 2.16. The molecule has 5 rings (SSSR count). The van der Waals surface area contributed by atoms with Gasteiger partial charge in [0.2, 0.25) is 0 Å². The predicted octanol–water partition coefficient (Wildman–Crippen LogP) is 6.21. The molecule has 5 heteroatoms. The average molecular weight is 424 g/mol. The fourth-order valence-corrected chi connectivity index (χ4v) is 4.25. The molecule has 1 aromatic heterocycles. The van der Waals surface area contributed by atoms with Crippen LogP contribution < -0.4 is 10.3 Å². The van der Waals surface area contributed by atoms with Gasteiger partial charge in [0.25, 0.3) is 5.56 Å². The van der Waals surface area contributed by atoms with Crippen LogP contribution in [0.1, 0.15) is 5.56 Å². The Bertz CT molecular complexity index is 1390. The van der Waals surface area contributed by atoms with Gasteiger partial charge in [0, 0.05) is 10.6 Å². The molecule has 0 amide bonds. The quantitative estimate of drug-likeness (QED) is 0.342. The molecule has 0 saturated carbocycles. The lowest BCUT2D eigenvalue weighted by molar-refractivity contribution is 0.742. The van der Waals surface area contributed by atoms with E-state index in [1.54, 1.807) is 4.68 Å². The highest BCUT2D eigenvalue weighted by atomic mass is 32.2. The zero-order valence-electron chi connectivity index (χ0n) is 17.0. The number of hydrogen-bond donors (Lipinski definition) is 1. The Kier molecular flexibility index (Phi) is 5.10. The lowest BCUT2D eigenvalue weighted by atomic mass is 10.2. The molecular weight excluding hydrogens is 402 g/mol. The van der Waals surface area contributed by atoms with Gasteiger partial charge in [-0.05, 0) is 73.5 Å². The summed E-state index contributed by atoms with van der Waals surface area (Å²) in [4.78, 5) is 14.6. The number of hydrogen-bond acceptors (Lipinski definition) is 3. The first-order chi connectivity index (χ1) is 15.2. The fraction of sp³-hybridized carbons (Fsp3) is 0.0385. The van der Waals surface area contributed by atoms with E-state index in [4.69, 9.17) is 0 Å². The van der Waals surface area contributed by atoms with Crippen LogP contribution in [0.25, 0.3) is 22.3 Å². The number of rotatable bonds is 5. The van der Waals surface area contributed by atoms with Gasteiger partial charge in [0.1, 0.15) is 0 Å². The molecule has 0 fully saturated rings. The lowest BCUT2D eigenvalue weighted by Crippen LogP contribution is -2.20. The number of aryl methyl sites for hydroxylation is 1. The fourth-order valence-electron chi connectivity index (χ4n) is 3.62. The van der Waals surface area contributed by atoms with E-state index in [9.17, 15) is 4.79 Å². The zero-order valence-corrected chi connectivity index (χ0v) is 17.8. The van der Waals surface area contributed by atoms with Crippen molar-refractivity contribution in [3.63, 3.8) is 0 Å². The normalized spacial score (nSPS) is 11.0. The molecule has 4 nitrogen and oxygen atoms in total. The molecule has 0 radical (unpaired) electrons. The number of benzene rings is 4. The minimum Gasteiger partial charge on any atom is -0.326 e. The van der Waals surface area contributed by atoms with Crippen molar-refractivity contribution in [1.29, 1.82) is 0 Å². The number of anilines is 1. The number of nitrogens with zero attached hydrogens (tertiary/aromatic N) is 2. The van der Waals surface area contributed by atoms with E-state index in [1.807, 2.05) is 83.5 Å². The summed E-state index contributed by atoms with van der Waals surface area (Å²) in [6.07, 6.45) is 0. The molecule has 0 saturated heterocycles. The Labute approximate surface area is 184 Å². The number of aromatic nitrogens is 2. The highest BCUT2D eigenvalue weighted by molar-refractivity contribution is 8.00. The van der Waals surface area contributed by atoms with Crippen LogP contribution in [0.4, 0.5) is 5.69 Å². The molecule has 0 aliphatic carbocycles. The van der Waals surface area contributed by atoms with Gasteiger partial charge in [0.15, 0.2) is 0 Å². The SMILES string of the molecule is Cc1ccc(SNc2ccc3c(c2)c(=O)n(-c2ccccc2)n3-c2ccccc2)cc1. The lowest BCUT2D eigenvalue weighted by Gasteiger charge is -2.13. The third kappa shape index (κ3) is 3.76. The molecule has 31 heavy (non-hydrogen) atoms. The summed E-state index contributed by atoms with van der Waals surface area (Å²) in [6.45, 7) is 2.07. The topological polar surface area (TPSA) is 39.0 Å². The van der Waals surface area contributed by atoms with Crippen LogP contribution >= 0.6 is 11.9 Å². The average Bonchev–Trinajstić information content (AvgIpc) is 3.12. The van der Waals surface area contributed by atoms with E-state index in [0.29, 0.717) is 5.39 Å². The number of fused-ring (bicyclic) bond motifs is 1. The molecule has 1 N–H and O–H groups in total. The van der Waals surface area contributed by atoms with Gasteiger partial charge in [-0.15, -0.1) is 0 Å². The minimum atomic E-state index is -0.0472. The van der Waals surface area contributed by atoms with Crippen LogP contribution in [0.2, 0.25) is 0 Å². The molecule has 0 aliphatic rings. The van der Waals surface area contributed by atoms with E-state index in [2.05, 4.69) is 35.9 Å². The van der Waals surface area contributed by atoms with Crippen molar-refractivity contribution >= 4 is 28.5 Å². The van der Waals surface area contributed by atoms with Gasteiger partial charge < -0.3 is 4.72 Å². The maximum absolute atomic E-state index is 13.5. The highest BCUT2D eigenvalue weighted by Crippen LogP contribution is 2.26. The van der Waals surface area contributed by atoms with Crippen LogP contribution in [0.5, 0.6) is 0 Å². The van der Waals surface area contributed by atoms with Gasteiger partial charge >= 0.3 is 0 Å². The van der Waals surface area contributed by atoms with E-state index in [-0.39, 0.29) is 5.56 Å². The van der Waals surface area contributed by atoms with Gasteiger partial charge in [-0.25, -0.2) is 9.36 Å². The first kappa shape index (κ1) is 19.3. The Morgan fingerprint density at radius 1 is 0.710 bits per heavy atom. The van der Waals surface area contributed by atoms with E-state index in [0.717, 1.165) is 27.5 Å². The third-order valence-corrected chi connectivity index (χ3v) is 6.00. The monoisotopic (exact) mass is 423 g/mol. The second-order valence-electron chi connectivity index (χ2n) is 7.35. The van der Waals surface area contributed by atoms with E-state index < -0.39 is 0 Å². The summed E-state index contributed by atoms with van der Waals surface area (Å²) in [5.41, 5.74) is 4.71. The van der Waals surface area contributed by atoms with Crippen molar-refractivity contribution in [3.8, 4) is 11.4 Å². The van der Waals surface area contributed by atoms with Crippen LogP contribution in [0, 0.1) is 6.92 Å².